The average molecular weight is 235 g/mol. The summed E-state index contributed by atoms with van der Waals surface area (Å²) in [5.41, 5.74) is 0. The standard InChI is InChI=1S/C13H21N3O/c1-9-4-10(2)6-11(5-9)16-13-14-7-12(17-3)8-15-13/h7-11H,4-6H2,1-3H3,(H,14,15,16). The molecule has 1 aliphatic rings. The fraction of sp³-hybridized carbons (Fsp3) is 0.692. The van der Waals surface area contributed by atoms with Crippen LogP contribution >= 0.6 is 0 Å². The molecule has 2 unspecified atom stereocenters. The van der Waals surface area contributed by atoms with Crippen molar-refractivity contribution in [3.63, 3.8) is 0 Å². The maximum absolute atomic E-state index is 5.04. The van der Waals surface area contributed by atoms with Crippen molar-refractivity contribution in [2.75, 3.05) is 12.4 Å². The quantitative estimate of drug-likeness (QED) is 0.875. The summed E-state index contributed by atoms with van der Waals surface area (Å²) in [6, 6.07) is 0.502. The van der Waals surface area contributed by atoms with E-state index in [0.717, 1.165) is 11.8 Å². The van der Waals surface area contributed by atoms with Crippen LogP contribution in [0.4, 0.5) is 5.95 Å². The fourth-order valence-electron chi connectivity index (χ4n) is 2.74. The van der Waals surface area contributed by atoms with Gasteiger partial charge in [-0.3, -0.25) is 0 Å². The van der Waals surface area contributed by atoms with Crippen molar-refractivity contribution in [3.05, 3.63) is 12.4 Å². The molecule has 0 radical (unpaired) electrons. The Kier molecular flexibility index (Phi) is 3.82. The minimum atomic E-state index is 0.502. The summed E-state index contributed by atoms with van der Waals surface area (Å²) in [6.45, 7) is 4.64. The number of nitrogens with one attached hydrogen (secondary N) is 1. The van der Waals surface area contributed by atoms with E-state index >= 15 is 0 Å². The lowest BCUT2D eigenvalue weighted by Crippen LogP contribution is -2.30. The fourth-order valence-corrected chi connectivity index (χ4v) is 2.74. The third-order valence-corrected chi connectivity index (χ3v) is 3.38. The van der Waals surface area contributed by atoms with Crippen LogP contribution in [0.5, 0.6) is 5.75 Å². The van der Waals surface area contributed by atoms with Crippen LogP contribution in [-0.4, -0.2) is 23.1 Å². The van der Waals surface area contributed by atoms with E-state index in [1.165, 1.54) is 19.3 Å². The van der Waals surface area contributed by atoms with E-state index in [0.29, 0.717) is 17.7 Å². The molecule has 1 fully saturated rings. The lowest BCUT2D eigenvalue weighted by atomic mass is 9.80. The van der Waals surface area contributed by atoms with Crippen molar-refractivity contribution in [1.29, 1.82) is 0 Å². The van der Waals surface area contributed by atoms with Gasteiger partial charge in [0.1, 0.15) is 0 Å². The minimum absolute atomic E-state index is 0.502. The van der Waals surface area contributed by atoms with E-state index in [1.807, 2.05) is 0 Å². The number of hydrogen-bond donors (Lipinski definition) is 1. The highest BCUT2D eigenvalue weighted by molar-refractivity contribution is 5.28. The van der Waals surface area contributed by atoms with Crippen LogP contribution in [0.15, 0.2) is 12.4 Å². The molecule has 17 heavy (non-hydrogen) atoms. The molecule has 1 aromatic rings. The number of rotatable bonds is 3. The largest absolute Gasteiger partial charge is 0.494 e. The van der Waals surface area contributed by atoms with Crippen molar-refractivity contribution >= 4 is 5.95 Å². The van der Waals surface area contributed by atoms with Gasteiger partial charge in [-0.25, -0.2) is 9.97 Å². The summed E-state index contributed by atoms with van der Waals surface area (Å²) < 4.78 is 5.04. The first-order valence-corrected chi connectivity index (χ1v) is 6.30. The number of nitrogens with zero attached hydrogens (tertiary/aromatic N) is 2. The van der Waals surface area contributed by atoms with E-state index in [-0.39, 0.29) is 0 Å². The molecule has 0 aromatic carbocycles. The molecular weight excluding hydrogens is 214 g/mol. The summed E-state index contributed by atoms with van der Waals surface area (Å²) in [6.07, 6.45) is 7.15. The second-order valence-electron chi connectivity index (χ2n) is 5.21. The smallest absolute Gasteiger partial charge is 0.223 e. The molecule has 1 heterocycles. The summed E-state index contributed by atoms with van der Waals surface area (Å²) in [5.74, 6) is 2.97. The third-order valence-electron chi connectivity index (χ3n) is 3.38. The number of ether oxygens (including phenoxy) is 1. The summed E-state index contributed by atoms with van der Waals surface area (Å²) in [4.78, 5) is 8.49. The predicted molar refractivity (Wildman–Crippen MR) is 68.2 cm³/mol. The lowest BCUT2D eigenvalue weighted by Gasteiger charge is -2.31. The van der Waals surface area contributed by atoms with Crippen LogP contribution in [0.1, 0.15) is 33.1 Å². The highest BCUT2D eigenvalue weighted by atomic mass is 16.5. The zero-order valence-corrected chi connectivity index (χ0v) is 10.8. The topological polar surface area (TPSA) is 47.0 Å². The summed E-state index contributed by atoms with van der Waals surface area (Å²) in [7, 11) is 1.62. The van der Waals surface area contributed by atoms with Gasteiger partial charge in [0.05, 0.1) is 19.5 Å². The van der Waals surface area contributed by atoms with Gasteiger partial charge in [0, 0.05) is 6.04 Å². The van der Waals surface area contributed by atoms with Crippen molar-refractivity contribution in [2.45, 2.75) is 39.2 Å². The molecule has 4 nitrogen and oxygen atoms in total. The number of anilines is 1. The molecule has 1 aliphatic carbocycles. The monoisotopic (exact) mass is 235 g/mol. The Morgan fingerprint density at radius 3 is 2.24 bits per heavy atom. The maximum atomic E-state index is 5.04. The SMILES string of the molecule is COc1cnc(NC2CC(C)CC(C)C2)nc1. The second kappa shape index (κ2) is 5.34. The molecule has 0 bridgehead atoms. The average Bonchev–Trinajstić information content (AvgIpc) is 2.28. The maximum Gasteiger partial charge on any atom is 0.223 e. The first-order chi connectivity index (χ1) is 8.17. The van der Waals surface area contributed by atoms with E-state index in [2.05, 4.69) is 29.1 Å². The molecule has 1 saturated carbocycles. The van der Waals surface area contributed by atoms with E-state index in [9.17, 15) is 0 Å². The Morgan fingerprint density at radius 1 is 1.12 bits per heavy atom. The lowest BCUT2D eigenvalue weighted by molar-refractivity contribution is 0.280. The highest BCUT2D eigenvalue weighted by Crippen LogP contribution is 2.29. The van der Waals surface area contributed by atoms with Gasteiger partial charge in [-0.2, -0.15) is 0 Å². The normalized spacial score (nSPS) is 28.8. The molecule has 0 saturated heterocycles. The van der Waals surface area contributed by atoms with Crippen molar-refractivity contribution in [3.8, 4) is 5.75 Å². The van der Waals surface area contributed by atoms with Crippen molar-refractivity contribution < 1.29 is 4.74 Å². The summed E-state index contributed by atoms with van der Waals surface area (Å²) >= 11 is 0. The van der Waals surface area contributed by atoms with Gasteiger partial charge in [0.15, 0.2) is 5.75 Å². The molecule has 1 N–H and O–H groups in total. The van der Waals surface area contributed by atoms with E-state index in [4.69, 9.17) is 4.74 Å². The molecule has 0 spiro atoms. The second-order valence-corrected chi connectivity index (χ2v) is 5.21. The van der Waals surface area contributed by atoms with Crippen LogP contribution in [0.25, 0.3) is 0 Å². The molecular formula is C13H21N3O. The zero-order chi connectivity index (χ0) is 12.3. The van der Waals surface area contributed by atoms with Crippen molar-refractivity contribution in [1.82, 2.24) is 9.97 Å². The zero-order valence-electron chi connectivity index (χ0n) is 10.8. The van der Waals surface area contributed by atoms with Crippen LogP contribution in [0, 0.1) is 11.8 Å². The molecule has 2 atom stereocenters. The van der Waals surface area contributed by atoms with Crippen LogP contribution in [0.2, 0.25) is 0 Å². The molecule has 4 heteroatoms. The van der Waals surface area contributed by atoms with Gasteiger partial charge in [0.2, 0.25) is 5.95 Å². The minimum Gasteiger partial charge on any atom is -0.494 e. The number of hydrogen-bond acceptors (Lipinski definition) is 4. The Bertz CT molecular complexity index is 342. The van der Waals surface area contributed by atoms with Gasteiger partial charge < -0.3 is 10.1 Å². The Morgan fingerprint density at radius 2 is 1.71 bits per heavy atom. The van der Waals surface area contributed by atoms with Gasteiger partial charge in [-0.1, -0.05) is 13.8 Å². The van der Waals surface area contributed by atoms with Crippen molar-refractivity contribution in [2.24, 2.45) is 11.8 Å². The van der Waals surface area contributed by atoms with Gasteiger partial charge in [-0.15, -0.1) is 0 Å². The molecule has 94 valence electrons. The molecule has 0 aliphatic heterocycles. The van der Waals surface area contributed by atoms with Gasteiger partial charge >= 0.3 is 0 Å². The molecule has 0 amide bonds. The number of aromatic nitrogens is 2. The highest BCUT2D eigenvalue weighted by Gasteiger charge is 2.24. The van der Waals surface area contributed by atoms with Crippen LogP contribution in [-0.2, 0) is 0 Å². The van der Waals surface area contributed by atoms with E-state index < -0.39 is 0 Å². The first-order valence-electron chi connectivity index (χ1n) is 6.30. The van der Waals surface area contributed by atoms with Gasteiger partial charge in [-0.05, 0) is 31.1 Å². The third kappa shape index (κ3) is 3.32. The number of methoxy groups -OCH3 is 1. The summed E-state index contributed by atoms with van der Waals surface area (Å²) in [5, 5.41) is 3.42. The molecule has 1 aromatic heterocycles. The van der Waals surface area contributed by atoms with Gasteiger partial charge in [0.25, 0.3) is 0 Å². The first kappa shape index (κ1) is 12.1. The van der Waals surface area contributed by atoms with Crippen LogP contribution in [0.3, 0.4) is 0 Å². The van der Waals surface area contributed by atoms with E-state index in [1.54, 1.807) is 19.5 Å². The van der Waals surface area contributed by atoms with Crippen LogP contribution < -0.4 is 10.1 Å². The Hall–Kier alpha value is -1.32. The predicted octanol–water partition coefficient (Wildman–Crippen LogP) is 2.72. The Balaban J connectivity index is 1.95. The Labute approximate surface area is 103 Å². The molecule has 2 rings (SSSR count).